The molecule has 0 amide bonds. The summed E-state index contributed by atoms with van der Waals surface area (Å²) >= 11 is 3.76. The molecule has 0 aliphatic carbocycles. The molecule has 0 fully saturated rings. The van der Waals surface area contributed by atoms with E-state index >= 15 is 0 Å². The van der Waals surface area contributed by atoms with E-state index in [0.29, 0.717) is 0 Å². The number of thiophene rings is 2. The fourth-order valence-corrected chi connectivity index (χ4v) is 9.46. The Labute approximate surface area is 283 Å². The molecule has 47 heavy (non-hydrogen) atoms. The van der Waals surface area contributed by atoms with Crippen LogP contribution in [0.2, 0.25) is 0 Å². The van der Waals surface area contributed by atoms with E-state index in [4.69, 9.17) is 0 Å². The summed E-state index contributed by atoms with van der Waals surface area (Å²) in [5.74, 6) is 0. The van der Waals surface area contributed by atoms with Crippen molar-refractivity contribution in [3.05, 3.63) is 156 Å². The molecular formula is C45H32S2. The molecule has 2 aromatic heterocycles. The molecule has 0 nitrogen and oxygen atoms in total. The second-order valence-corrected chi connectivity index (χ2v) is 14.9. The van der Waals surface area contributed by atoms with Crippen LogP contribution in [0.15, 0.2) is 140 Å². The summed E-state index contributed by atoms with van der Waals surface area (Å²) in [6.45, 7) is 6.68. The zero-order valence-corrected chi connectivity index (χ0v) is 28.2. The van der Waals surface area contributed by atoms with Gasteiger partial charge in [-0.15, -0.1) is 22.7 Å². The van der Waals surface area contributed by atoms with E-state index in [2.05, 4.69) is 160 Å². The van der Waals surface area contributed by atoms with Gasteiger partial charge in [-0.3, -0.25) is 0 Å². The topological polar surface area (TPSA) is 0 Å². The van der Waals surface area contributed by atoms with Crippen LogP contribution in [0.4, 0.5) is 0 Å². The predicted molar refractivity (Wildman–Crippen MR) is 208 cm³/mol. The number of rotatable bonds is 4. The van der Waals surface area contributed by atoms with Gasteiger partial charge in [0, 0.05) is 40.3 Å². The molecule has 0 saturated carbocycles. The van der Waals surface area contributed by atoms with Crippen LogP contribution in [-0.4, -0.2) is 0 Å². The first-order chi connectivity index (χ1) is 23.0. The average molecular weight is 637 g/mol. The summed E-state index contributed by atoms with van der Waals surface area (Å²) in [6.07, 6.45) is 0. The number of benzene rings is 7. The Balaban J connectivity index is 1.06. The highest BCUT2D eigenvalue weighted by molar-refractivity contribution is 7.26. The molecule has 0 unspecified atom stereocenters. The maximum absolute atomic E-state index is 2.37. The van der Waals surface area contributed by atoms with Crippen LogP contribution in [0.1, 0.15) is 16.7 Å². The summed E-state index contributed by atoms with van der Waals surface area (Å²) in [4.78, 5) is 0. The standard InChI is InChI=1S/C45H32S2/c1-27-12-14-31(23-40(27)33-17-20-38-36-8-4-6-10-42(36)46-44(38)25-33)30-16-19-35(29(3)22-30)32-15-13-28(2)41(24-32)34-18-21-39-37-9-5-7-11-43(37)47-45(39)26-34/h4-26H,1-3H3. The first-order valence-electron chi connectivity index (χ1n) is 16.2. The number of fused-ring (bicyclic) bond motifs is 6. The Morgan fingerprint density at radius 1 is 0.298 bits per heavy atom. The quantitative estimate of drug-likeness (QED) is 0.180. The van der Waals surface area contributed by atoms with Gasteiger partial charge in [0.05, 0.1) is 0 Å². The molecule has 0 bridgehead atoms. The van der Waals surface area contributed by atoms with E-state index in [1.807, 2.05) is 22.7 Å². The highest BCUT2D eigenvalue weighted by Gasteiger charge is 2.13. The molecule has 2 heteroatoms. The van der Waals surface area contributed by atoms with E-state index in [0.717, 1.165) is 0 Å². The normalized spacial score (nSPS) is 11.7. The van der Waals surface area contributed by atoms with Crippen molar-refractivity contribution in [2.45, 2.75) is 20.8 Å². The Morgan fingerprint density at radius 2 is 0.723 bits per heavy atom. The van der Waals surface area contributed by atoms with Crippen molar-refractivity contribution in [1.29, 1.82) is 0 Å². The van der Waals surface area contributed by atoms with Gasteiger partial charge in [0.1, 0.15) is 0 Å². The van der Waals surface area contributed by atoms with Crippen LogP contribution in [0.5, 0.6) is 0 Å². The lowest BCUT2D eigenvalue weighted by Gasteiger charge is -2.14. The second kappa shape index (κ2) is 11.1. The van der Waals surface area contributed by atoms with Gasteiger partial charge in [-0.2, -0.15) is 0 Å². The number of hydrogen-bond donors (Lipinski definition) is 0. The summed E-state index contributed by atoms with van der Waals surface area (Å²) < 4.78 is 5.38. The smallest absolute Gasteiger partial charge is 0.0361 e. The third-order valence-corrected chi connectivity index (χ3v) is 12.0. The van der Waals surface area contributed by atoms with Crippen LogP contribution in [0.3, 0.4) is 0 Å². The fraction of sp³-hybridized carbons (Fsp3) is 0.0667. The third-order valence-electron chi connectivity index (χ3n) is 9.73. The van der Waals surface area contributed by atoms with Crippen LogP contribution < -0.4 is 0 Å². The molecule has 0 saturated heterocycles. The summed E-state index contributed by atoms with van der Waals surface area (Å²) in [5.41, 5.74) is 14.0. The van der Waals surface area contributed by atoms with Gasteiger partial charge in [-0.05, 0) is 118 Å². The average Bonchev–Trinajstić information content (AvgIpc) is 3.66. The Bertz CT molecular complexity index is 2660. The van der Waals surface area contributed by atoms with Crippen LogP contribution >= 0.6 is 22.7 Å². The molecular weight excluding hydrogens is 605 g/mol. The van der Waals surface area contributed by atoms with Crippen molar-refractivity contribution in [1.82, 2.24) is 0 Å². The lowest BCUT2D eigenvalue weighted by Crippen LogP contribution is -1.90. The first kappa shape index (κ1) is 28.2. The number of aryl methyl sites for hydroxylation is 3. The molecule has 0 aliphatic rings. The maximum Gasteiger partial charge on any atom is 0.0361 e. The lowest BCUT2D eigenvalue weighted by atomic mass is 9.90. The minimum absolute atomic E-state index is 1.25. The second-order valence-electron chi connectivity index (χ2n) is 12.7. The van der Waals surface area contributed by atoms with Crippen molar-refractivity contribution < 1.29 is 0 Å². The highest BCUT2D eigenvalue weighted by atomic mass is 32.1. The monoisotopic (exact) mass is 636 g/mol. The Morgan fingerprint density at radius 3 is 1.30 bits per heavy atom. The molecule has 0 spiro atoms. The van der Waals surface area contributed by atoms with Gasteiger partial charge in [0.2, 0.25) is 0 Å². The van der Waals surface area contributed by atoms with Gasteiger partial charge in [-0.1, -0.05) is 103 Å². The van der Waals surface area contributed by atoms with Gasteiger partial charge in [0.15, 0.2) is 0 Å². The zero-order chi connectivity index (χ0) is 31.6. The first-order valence-corrected chi connectivity index (χ1v) is 17.8. The van der Waals surface area contributed by atoms with Crippen LogP contribution in [-0.2, 0) is 0 Å². The van der Waals surface area contributed by atoms with Gasteiger partial charge in [-0.25, -0.2) is 0 Å². The minimum atomic E-state index is 1.25. The molecule has 2 heterocycles. The largest absolute Gasteiger partial charge is 0.135 e. The third kappa shape index (κ3) is 4.79. The van der Waals surface area contributed by atoms with Crippen molar-refractivity contribution in [2.75, 3.05) is 0 Å². The van der Waals surface area contributed by atoms with Crippen molar-refractivity contribution in [3.8, 4) is 44.5 Å². The fourth-order valence-electron chi connectivity index (χ4n) is 7.17. The maximum atomic E-state index is 2.37. The van der Waals surface area contributed by atoms with Gasteiger partial charge >= 0.3 is 0 Å². The van der Waals surface area contributed by atoms with E-state index in [-0.39, 0.29) is 0 Å². The minimum Gasteiger partial charge on any atom is -0.135 e. The van der Waals surface area contributed by atoms with Gasteiger partial charge in [0.25, 0.3) is 0 Å². The molecule has 9 aromatic rings. The molecule has 0 N–H and O–H groups in total. The van der Waals surface area contributed by atoms with E-state index < -0.39 is 0 Å². The summed E-state index contributed by atoms with van der Waals surface area (Å²) in [5, 5.41) is 5.37. The SMILES string of the molecule is Cc1cc(-c2ccc(C)c(-c3ccc4c(c3)sc3ccccc34)c2)ccc1-c1ccc(C)c(-c2ccc3c(c2)sc2ccccc23)c1. The van der Waals surface area contributed by atoms with E-state index in [1.165, 1.54) is 102 Å². The molecule has 0 aliphatic heterocycles. The highest BCUT2D eigenvalue weighted by Crippen LogP contribution is 2.40. The van der Waals surface area contributed by atoms with Crippen molar-refractivity contribution in [2.24, 2.45) is 0 Å². The van der Waals surface area contributed by atoms with Gasteiger partial charge < -0.3 is 0 Å². The Kier molecular flexibility index (Phi) is 6.64. The summed E-state index contributed by atoms with van der Waals surface area (Å²) in [7, 11) is 0. The van der Waals surface area contributed by atoms with Crippen LogP contribution in [0, 0.1) is 20.8 Å². The number of hydrogen-bond acceptors (Lipinski definition) is 2. The van der Waals surface area contributed by atoms with Crippen LogP contribution in [0.25, 0.3) is 84.9 Å². The molecule has 7 aromatic carbocycles. The molecule has 224 valence electrons. The predicted octanol–water partition coefficient (Wildman–Crippen LogP) is 14.0. The van der Waals surface area contributed by atoms with E-state index in [9.17, 15) is 0 Å². The summed E-state index contributed by atoms with van der Waals surface area (Å²) in [6, 6.07) is 52.1. The van der Waals surface area contributed by atoms with Crippen molar-refractivity contribution in [3.63, 3.8) is 0 Å². The van der Waals surface area contributed by atoms with Crippen molar-refractivity contribution >= 4 is 63.0 Å². The Hall–Kier alpha value is -5.02. The molecule has 9 rings (SSSR count). The van der Waals surface area contributed by atoms with E-state index in [1.54, 1.807) is 0 Å². The zero-order valence-electron chi connectivity index (χ0n) is 26.6. The molecule has 0 atom stereocenters. The lowest BCUT2D eigenvalue weighted by molar-refractivity contribution is 1.42. The molecule has 0 radical (unpaired) electrons.